The number of amides is 1. The third-order valence-corrected chi connectivity index (χ3v) is 3.06. The Balaban J connectivity index is 1.90. The van der Waals surface area contributed by atoms with E-state index in [4.69, 9.17) is 5.11 Å². The van der Waals surface area contributed by atoms with Gasteiger partial charge in [-0.2, -0.15) is 0 Å². The maximum atomic E-state index is 11.9. The molecule has 0 spiro atoms. The number of rotatable bonds is 6. The SMILES string of the molecule is CC(CCNC(=O)c1ccc(-n2ccnc2)nc1)C(=O)O. The second-order valence-corrected chi connectivity index (χ2v) is 4.66. The number of imidazole rings is 1. The average Bonchev–Trinajstić information content (AvgIpc) is 3.01. The highest BCUT2D eigenvalue weighted by Gasteiger charge is 2.12. The summed E-state index contributed by atoms with van der Waals surface area (Å²) in [5.74, 6) is -0.941. The average molecular weight is 288 g/mol. The van der Waals surface area contributed by atoms with E-state index in [1.54, 1.807) is 42.3 Å². The number of pyridine rings is 1. The van der Waals surface area contributed by atoms with Crippen LogP contribution in [0.1, 0.15) is 23.7 Å². The maximum absolute atomic E-state index is 11.9. The molecule has 0 aliphatic rings. The van der Waals surface area contributed by atoms with E-state index in [9.17, 15) is 9.59 Å². The van der Waals surface area contributed by atoms with Crippen molar-refractivity contribution in [2.75, 3.05) is 6.54 Å². The van der Waals surface area contributed by atoms with Crippen LogP contribution in [0.15, 0.2) is 37.1 Å². The molecule has 21 heavy (non-hydrogen) atoms. The molecular formula is C14H16N4O3. The number of nitrogens with zero attached hydrogens (tertiary/aromatic N) is 3. The minimum atomic E-state index is -0.865. The highest BCUT2D eigenvalue weighted by atomic mass is 16.4. The van der Waals surface area contributed by atoms with E-state index in [2.05, 4.69) is 15.3 Å². The van der Waals surface area contributed by atoms with Crippen molar-refractivity contribution in [1.82, 2.24) is 19.9 Å². The van der Waals surface area contributed by atoms with Gasteiger partial charge in [-0.1, -0.05) is 6.92 Å². The van der Waals surface area contributed by atoms with Crippen molar-refractivity contribution in [3.8, 4) is 5.82 Å². The summed E-state index contributed by atoms with van der Waals surface area (Å²) in [7, 11) is 0. The van der Waals surface area contributed by atoms with E-state index in [-0.39, 0.29) is 5.91 Å². The highest BCUT2D eigenvalue weighted by molar-refractivity contribution is 5.93. The first-order chi connectivity index (χ1) is 10.1. The molecular weight excluding hydrogens is 272 g/mol. The number of aromatic nitrogens is 3. The Morgan fingerprint density at radius 1 is 1.43 bits per heavy atom. The van der Waals surface area contributed by atoms with Gasteiger partial charge in [0.1, 0.15) is 12.1 Å². The summed E-state index contributed by atoms with van der Waals surface area (Å²) in [4.78, 5) is 30.6. The number of carbonyl (C=O) groups excluding carboxylic acids is 1. The van der Waals surface area contributed by atoms with E-state index in [1.807, 2.05) is 0 Å². The van der Waals surface area contributed by atoms with Gasteiger partial charge in [-0.3, -0.25) is 14.2 Å². The van der Waals surface area contributed by atoms with Crippen LogP contribution in [0.5, 0.6) is 0 Å². The van der Waals surface area contributed by atoms with Crippen molar-refractivity contribution in [2.45, 2.75) is 13.3 Å². The van der Waals surface area contributed by atoms with Gasteiger partial charge >= 0.3 is 5.97 Å². The van der Waals surface area contributed by atoms with Crippen LogP contribution in [0.25, 0.3) is 5.82 Å². The molecule has 0 fully saturated rings. The Labute approximate surface area is 121 Å². The van der Waals surface area contributed by atoms with E-state index >= 15 is 0 Å². The molecule has 2 N–H and O–H groups in total. The molecule has 0 aliphatic heterocycles. The molecule has 110 valence electrons. The zero-order valence-electron chi connectivity index (χ0n) is 11.6. The lowest BCUT2D eigenvalue weighted by atomic mass is 10.1. The summed E-state index contributed by atoms with van der Waals surface area (Å²) >= 11 is 0. The van der Waals surface area contributed by atoms with Gasteiger partial charge in [-0.15, -0.1) is 0 Å². The topological polar surface area (TPSA) is 97.1 Å². The van der Waals surface area contributed by atoms with E-state index in [0.29, 0.717) is 24.3 Å². The predicted molar refractivity (Wildman–Crippen MR) is 75.1 cm³/mol. The Kier molecular flexibility index (Phi) is 4.65. The van der Waals surface area contributed by atoms with Crippen LogP contribution >= 0.6 is 0 Å². The first-order valence-electron chi connectivity index (χ1n) is 6.53. The molecule has 1 unspecified atom stereocenters. The lowest BCUT2D eigenvalue weighted by molar-refractivity contribution is -0.141. The number of carboxylic acids is 1. The molecule has 0 aromatic carbocycles. The zero-order chi connectivity index (χ0) is 15.2. The number of carbonyl (C=O) groups is 2. The smallest absolute Gasteiger partial charge is 0.306 e. The second kappa shape index (κ2) is 6.65. The normalized spacial score (nSPS) is 11.9. The molecule has 2 aromatic rings. The van der Waals surface area contributed by atoms with Crippen LogP contribution < -0.4 is 5.32 Å². The lowest BCUT2D eigenvalue weighted by Crippen LogP contribution is -2.27. The third-order valence-electron chi connectivity index (χ3n) is 3.06. The molecule has 0 bridgehead atoms. The number of hydrogen-bond donors (Lipinski definition) is 2. The summed E-state index contributed by atoms with van der Waals surface area (Å²) in [5.41, 5.74) is 0.432. The highest BCUT2D eigenvalue weighted by Crippen LogP contribution is 2.06. The van der Waals surface area contributed by atoms with Crippen LogP contribution in [0.4, 0.5) is 0 Å². The van der Waals surface area contributed by atoms with Gasteiger partial charge in [0.15, 0.2) is 0 Å². The second-order valence-electron chi connectivity index (χ2n) is 4.66. The van der Waals surface area contributed by atoms with E-state index < -0.39 is 11.9 Å². The van der Waals surface area contributed by atoms with Crippen molar-refractivity contribution in [3.05, 3.63) is 42.6 Å². The fourth-order valence-corrected chi connectivity index (χ4v) is 1.70. The monoisotopic (exact) mass is 288 g/mol. The molecule has 2 aromatic heterocycles. The Morgan fingerprint density at radius 3 is 2.81 bits per heavy atom. The van der Waals surface area contributed by atoms with Crippen LogP contribution in [0.2, 0.25) is 0 Å². The van der Waals surface area contributed by atoms with Gasteiger partial charge < -0.3 is 10.4 Å². The van der Waals surface area contributed by atoms with Crippen LogP contribution in [-0.2, 0) is 4.79 Å². The molecule has 0 radical (unpaired) electrons. The number of aliphatic carboxylic acids is 1. The summed E-state index contributed by atoms with van der Waals surface area (Å²) in [6.45, 7) is 1.92. The Bertz CT molecular complexity index is 608. The van der Waals surface area contributed by atoms with Gasteiger partial charge in [-0.25, -0.2) is 9.97 Å². The Hall–Kier alpha value is -2.70. The molecule has 1 amide bonds. The summed E-state index contributed by atoms with van der Waals surface area (Å²) in [5, 5.41) is 11.4. The van der Waals surface area contributed by atoms with Gasteiger partial charge in [0.2, 0.25) is 0 Å². The van der Waals surface area contributed by atoms with E-state index in [0.717, 1.165) is 0 Å². The Morgan fingerprint density at radius 2 is 2.24 bits per heavy atom. The van der Waals surface area contributed by atoms with Gasteiger partial charge in [0, 0.05) is 25.1 Å². The lowest BCUT2D eigenvalue weighted by Gasteiger charge is -2.08. The molecule has 1 atom stereocenters. The van der Waals surface area contributed by atoms with Crippen molar-refractivity contribution < 1.29 is 14.7 Å². The fourth-order valence-electron chi connectivity index (χ4n) is 1.70. The quantitative estimate of drug-likeness (QED) is 0.829. The minimum absolute atomic E-state index is 0.266. The van der Waals surface area contributed by atoms with Gasteiger partial charge in [-0.05, 0) is 18.6 Å². The fraction of sp³-hybridized carbons (Fsp3) is 0.286. The molecule has 7 heteroatoms. The molecule has 2 heterocycles. The molecule has 2 rings (SSSR count). The summed E-state index contributed by atoms with van der Waals surface area (Å²) < 4.78 is 1.73. The van der Waals surface area contributed by atoms with Crippen molar-refractivity contribution in [3.63, 3.8) is 0 Å². The van der Waals surface area contributed by atoms with E-state index in [1.165, 1.54) is 6.20 Å². The van der Waals surface area contributed by atoms with Crippen molar-refractivity contribution in [2.24, 2.45) is 5.92 Å². The van der Waals surface area contributed by atoms with Crippen LogP contribution in [0, 0.1) is 5.92 Å². The van der Waals surface area contributed by atoms with Crippen LogP contribution in [0.3, 0.4) is 0 Å². The molecule has 0 saturated heterocycles. The molecule has 0 aliphatic carbocycles. The van der Waals surface area contributed by atoms with Gasteiger partial charge in [0.05, 0.1) is 11.5 Å². The minimum Gasteiger partial charge on any atom is -0.481 e. The van der Waals surface area contributed by atoms with Crippen molar-refractivity contribution >= 4 is 11.9 Å². The number of hydrogen-bond acceptors (Lipinski definition) is 4. The summed E-state index contributed by atoms with van der Waals surface area (Å²) in [6.07, 6.45) is 6.89. The first-order valence-corrected chi connectivity index (χ1v) is 6.53. The largest absolute Gasteiger partial charge is 0.481 e. The zero-order valence-corrected chi connectivity index (χ0v) is 11.6. The first kappa shape index (κ1) is 14.7. The standard InChI is InChI=1S/C14H16N4O3/c1-10(14(20)21)4-5-16-13(19)11-2-3-12(17-8-11)18-7-6-15-9-18/h2-3,6-10H,4-5H2,1H3,(H,16,19)(H,20,21). The summed E-state index contributed by atoms with van der Waals surface area (Å²) in [6, 6.07) is 3.38. The third kappa shape index (κ3) is 3.88. The predicted octanol–water partition coefficient (Wildman–Crippen LogP) is 1.11. The maximum Gasteiger partial charge on any atom is 0.306 e. The number of carboxylic acid groups (broad SMARTS) is 1. The molecule has 7 nitrogen and oxygen atoms in total. The van der Waals surface area contributed by atoms with Crippen molar-refractivity contribution in [1.29, 1.82) is 0 Å². The molecule has 0 saturated carbocycles. The number of nitrogens with one attached hydrogen (secondary N) is 1. The van der Waals surface area contributed by atoms with Crippen LogP contribution in [-0.4, -0.2) is 38.1 Å². The van der Waals surface area contributed by atoms with Gasteiger partial charge in [0.25, 0.3) is 5.91 Å².